The molecule has 0 spiro atoms. The maximum atomic E-state index is 13.2. The summed E-state index contributed by atoms with van der Waals surface area (Å²) in [6.45, 7) is 5.09. The van der Waals surface area contributed by atoms with Crippen LogP contribution >= 0.6 is 0 Å². The lowest BCUT2D eigenvalue weighted by atomic mass is 10.1. The molecule has 0 bridgehead atoms. The molecular weight excluding hydrogens is 348 g/mol. The molecule has 0 radical (unpaired) electrons. The maximum absolute atomic E-state index is 13.2. The van der Waals surface area contributed by atoms with Gasteiger partial charge in [-0.15, -0.1) is 0 Å². The second kappa shape index (κ2) is 7.50. The van der Waals surface area contributed by atoms with Crippen molar-refractivity contribution in [1.82, 2.24) is 9.21 Å². The summed E-state index contributed by atoms with van der Waals surface area (Å²) in [6, 6.07) is 13.8. The van der Waals surface area contributed by atoms with Crippen LogP contribution in [0, 0.1) is 13.8 Å². The van der Waals surface area contributed by atoms with E-state index in [9.17, 15) is 13.2 Å². The van der Waals surface area contributed by atoms with E-state index >= 15 is 0 Å². The third-order valence-electron chi connectivity index (χ3n) is 4.61. The van der Waals surface area contributed by atoms with Gasteiger partial charge in [0.1, 0.15) is 0 Å². The van der Waals surface area contributed by atoms with Crippen molar-refractivity contribution in [3.63, 3.8) is 0 Å². The van der Waals surface area contributed by atoms with Gasteiger partial charge in [-0.1, -0.05) is 47.5 Å². The number of hydrogen-bond donors (Lipinski definition) is 0. The van der Waals surface area contributed by atoms with E-state index in [0.29, 0.717) is 13.1 Å². The Labute approximate surface area is 155 Å². The minimum atomic E-state index is -3.92. The van der Waals surface area contributed by atoms with Crippen LogP contribution in [0.4, 0.5) is 4.79 Å². The lowest BCUT2D eigenvalue weighted by Gasteiger charge is -2.27. The van der Waals surface area contributed by atoms with Gasteiger partial charge in [0.2, 0.25) is 0 Å². The van der Waals surface area contributed by atoms with Crippen LogP contribution in [0.25, 0.3) is 0 Å². The number of urea groups is 1. The highest BCUT2D eigenvalue weighted by Gasteiger charge is 2.33. The number of amides is 2. The number of sulfonamides is 1. The van der Waals surface area contributed by atoms with Gasteiger partial charge in [-0.05, 0) is 44.4 Å². The Balaban J connectivity index is 1.98. The third-order valence-corrected chi connectivity index (χ3v) is 6.34. The van der Waals surface area contributed by atoms with Crippen molar-refractivity contribution in [2.24, 2.45) is 0 Å². The second-order valence-electron chi connectivity index (χ2n) is 6.79. The van der Waals surface area contributed by atoms with Crippen molar-refractivity contribution >= 4 is 16.1 Å². The summed E-state index contributed by atoms with van der Waals surface area (Å²) in [5.74, 6) is 0. The molecule has 2 amide bonds. The van der Waals surface area contributed by atoms with Crippen LogP contribution in [0.1, 0.15) is 29.5 Å². The molecule has 5 nitrogen and oxygen atoms in total. The van der Waals surface area contributed by atoms with E-state index in [4.69, 9.17) is 0 Å². The highest BCUT2D eigenvalue weighted by Crippen LogP contribution is 2.23. The molecule has 1 fully saturated rings. The van der Waals surface area contributed by atoms with E-state index < -0.39 is 16.1 Å². The first-order chi connectivity index (χ1) is 12.4. The van der Waals surface area contributed by atoms with Gasteiger partial charge in [-0.25, -0.2) is 17.5 Å². The van der Waals surface area contributed by atoms with Crippen LogP contribution in [-0.4, -0.2) is 36.7 Å². The fraction of sp³-hybridized carbons (Fsp3) is 0.350. The van der Waals surface area contributed by atoms with Crippen LogP contribution in [0.5, 0.6) is 0 Å². The van der Waals surface area contributed by atoms with Gasteiger partial charge in [0, 0.05) is 13.1 Å². The van der Waals surface area contributed by atoms with Gasteiger partial charge in [-0.3, -0.25) is 0 Å². The zero-order valence-corrected chi connectivity index (χ0v) is 16.0. The number of likely N-dealkylation sites (tertiary alicyclic amines) is 1. The minimum absolute atomic E-state index is 0.0349. The molecule has 1 saturated heterocycles. The molecule has 0 N–H and O–H groups in total. The first-order valence-electron chi connectivity index (χ1n) is 8.82. The molecule has 0 aromatic heterocycles. The Kier molecular flexibility index (Phi) is 5.32. The molecule has 1 aliphatic rings. The second-order valence-corrected chi connectivity index (χ2v) is 8.65. The summed E-state index contributed by atoms with van der Waals surface area (Å²) in [6.07, 6.45) is 1.82. The van der Waals surface area contributed by atoms with Crippen LogP contribution in [0.15, 0.2) is 53.4 Å². The Morgan fingerprint density at radius 3 is 2.27 bits per heavy atom. The molecule has 0 atom stereocenters. The fourth-order valence-electron chi connectivity index (χ4n) is 3.14. The molecule has 26 heavy (non-hydrogen) atoms. The molecule has 6 heteroatoms. The van der Waals surface area contributed by atoms with Gasteiger partial charge in [0.25, 0.3) is 10.0 Å². The van der Waals surface area contributed by atoms with Crippen molar-refractivity contribution in [3.8, 4) is 0 Å². The maximum Gasteiger partial charge on any atom is 0.334 e. The van der Waals surface area contributed by atoms with Crippen molar-refractivity contribution in [3.05, 3.63) is 65.2 Å². The van der Waals surface area contributed by atoms with Crippen molar-refractivity contribution < 1.29 is 13.2 Å². The van der Waals surface area contributed by atoms with Gasteiger partial charge >= 0.3 is 6.03 Å². The predicted molar refractivity (Wildman–Crippen MR) is 101 cm³/mol. The van der Waals surface area contributed by atoms with Crippen molar-refractivity contribution in [2.75, 3.05) is 13.1 Å². The third kappa shape index (κ3) is 3.90. The normalized spacial score (nSPS) is 14.5. The Morgan fingerprint density at radius 1 is 1.00 bits per heavy atom. The zero-order chi connectivity index (χ0) is 18.7. The Bertz CT molecular complexity index is 886. The molecule has 1 aliphatic heterocycles. The summed E-state index contributed by atoms with van der Waals surface area (Å²) in [7, 11) is -3.92. The standard InChI is InChI=1S/C20H24N2O3S/c1-16-8-10-19(11-9-16)26(24,25)22(20(23)21-12-3-4-13-21)15-18-7-5-6-17(2)14-18/h5-11,14H,3-4,12-13,15H2,1-2H3. The summed E-state index contributed by atoms with van der Waals surface area (Å²) in [5, 5.41) is 0. The molecule has 2 aromatic rings. The molecule has 1 heterocycles. The van der Waals surface area contributed by atoms with Crippen LogP contribution in [0.2, 0.25) is 0 Å². The predicted octanol–water partition coefficient (Wildman–Crippen LogP) is 3.71. The quantitative estimate of drug-likeness (QED) is 0.822. The van der Waals surface area contributed by atoms with Gasteiger partial charge < -0.3 is 4.90 Å². The lowest BCUT2D eigenvalue weighted by molar-refractivity contribution is 0.187. The highest BCUT2D eigenvalue weighted by atomic mass is 32.2. The smallest absolute Gasteiger partial charge is 0.324 e. The monoisotopic (exact) mass is 372 g/mol. The molecule has 138 valence electrons. The number of hydrogen-bond acceptors (Lipinski definition) is 3. The van der Waals surface area contributed by atoms with Gasteiger partial charge in [0.05, 0.1) is 11.4 Å². The SMILES string of the molecule is Cc1ccc(S(=O)(=O)N(Cc2cccc(C)c2)C(=O)N2CCCC2)cc1. The molecule has 3 rings (SSSR count). The lowest BCUT2D eigenvalue weighted by Crippen LogP contribution is -2.44. The molecule has 2 aromatic carbocycles. The Hall–Kier alpha value is -2.34. The van der Waals surface area contributed by atoms with E-state index in [2.05, 4.69) is 0 Å². The largest absolute Gasteiger partial charge is 0.334 e. The van der Waals surface area contributed by atoms with E-state index in [1.165, 1.54) is 0 Å². The minimum Gasteiger partial charge on any atom is -0.324 e. The summed E-state index contributed by atoms with van der Waals surface area (Å²) < 4.78 is 27.4. The summed E-state index contributed by atoms with van der Waals surface area (Å²) >= 11 is 0. The first kappa shape index (κ1) is 18.5. The molecular formula is C20H24N2O3S. The van der Waals surface area contributed by atoms with Crippen molar-refractivity contribution in [2.45, 2.75) is 38.1 Å². The number of rotatable bonds is 4. The highest BCUT2D eigenvalue weighted by molar-refractivity contribution is 7.89. The fourth-order valence-corrected chi connectivity index (χ4v) is 4.51. The van der Waals surface area contributed by atoms with E-state index in [1.54, 1.807) is 29.2 Å². The summed E-state index contributed by atoms with van der Waals surface area (Å²) in [5.41, 5.74) is 2.80. The number of nitrogens with zero attached hydrogens (tertiary/aromatic N) is 2. The molecule has 0 aliphatic carbocycles. The molecule has 0 saturated carbocycles. The topological polar surface area (TPSA) is 57.7 Å². The zero-order valence-electron chi connectivity index (χ0n) is 15.2. The summed E-state index contributed by atoms with van der Waals surface area (Å²) in [4.78, 5) is 14.8. The van der Waals surface area contributed by atoms with Crippen LogP contribution in [-0.2, 0) is 16.6 Å². The number of carbonyl (C=O) groups is 1. The average molecular weight is 372 g/mol. The number of carbonyl (C=O) groups excluding carboxylic acids is 1. The number of benzene rings is 2. The Morgan fingerprint density at radius 2 is 1.65 bits per heavy atom. The van der Waals surface area contributed by atoms with E-state index in [-0.39, 0.29) is 11.4 Å². The van der Waals surface area contributed by atoms with E-state index in [1.807, 2.05) is 38.1 Å². The van der Waals surface area contributed by atoms with Crippen LogP contribution in [0.3, 0.4) is 0 Å². The molecule has 0 unspecified atom stereocenters. The van der Waals surface area contributed by atoms with Crippen molar-refractivity contribution in [1.29, 1.82) is 0 Å². The van der Waals surface area contributed by atoms with E-state index in [0.717, 1.165) is 33.8 Å². The first-order valence-corrected chi connectivity index (χ1v) is 10.3. The number of aryl methyl sites for hydroxylation is 2. The van der Waals surface area contributed by atoms with Gasteiger partial charge in [0.15, 0.2) is 0 Å². The van der Waals surface area contributed by atoms with Crippen LogP contribution < -0.4 is 0 Å². The van der Waals surface area contributed by atoms with Gasteiger partial charge in [-0.2, -0.15) is 0 Å². The average Bonchev–Trinajstić information content (AvgIpc) is 3.14.